The molecule has 5 heteroatoms. The molecular weight excluding hydrogens is 294 g/mol. The van der Waals surface area contributed by atoms with Gasteiger partial charge in [0.05, 0.1) is 30.9 Å². The predicted octanol–water partition coefficient (Wildman–Crippen LogP) is 1.57. The topological polar surface area (TPSA) is 59.0 Å². The number of methoxy groups -OCH3 is 1. The summed E-state index contributed by atoms with van der Waals surface area (Å²) < 4.78 is 11.7. The summed E-state index contributed by atoms with van der Waals surface area (Å²) in [6, 6.07) is 7.49. The first-order chi connectivity index (χ1) is 11.1. The Bertz CT molecular complexity index is 719. The quantitative estimate of drug-likeness (QED) is 0.861. The number of aliphatic hydroxyl groups is 1. The molecule has 4 aliphatic rings. The minimum absolute atomic E-state index is 0.00373. The summed E-state index contributed by atoms with van der Waals surface area (Å²) in [5.74, 6) is 0.797. The summed E-state index contributed by atoms with van der Waals surface area (Å²) in [7, 11) is 1.60. The van der Waals surface area contributed by atoms with Crippen molar-refractivity contribution in [3.05, 3.63) is 36.9 Å². The second-order valence-electron chi connectivity index (χ2n) is 6.99. The van der Waals surface area contributed by atoms with Gasteiger partial charge in [-0.15, -0.1) is 0 Å². The summed E-state index contributed by atoms with van der Waals surface area (Å²) in [6.07, 6.45) is 1.90. The Morgan fingerprint density at radius 2 is 2.22 bits per heavy atom. The fraction of sp³-hybridized carbons (Fsp3) is 0.500. The molecule has 7 unspecified atom stereocenters. The van der Waals surface area contributed by atoms with Crippen LogP contribution in [0, 0.1) is 23.7 Å². The predicted molar refractivity (Wildman–Crippen MR) is 82.9 cm³/mol. The Kier molecular flexibility index (Phi) is 2.46. The molecule has 4 fully saturated rings. The molecule has 1 aromatic carbocycles. The van der Waals surface area contributed by atoms with Crippen LogP contribution in [0.4, 0.5) is 5.69 Å². The Balaban J connectivity index is 1.70. The van der Waals surface area contributed by atoms with E-state index in [0.717, 1.165) is 6.42 Å². The molecule has 5 rings (SSSR count). The highest BCUT2D eigenvalue weighted by Crippen LogP contribution is 2.68. The van der Waals surface area contributed by atoms with Crippen LogP contribution in [0.1, 0.15) is 6.42 Å². The van der Waals surface area contributed by atoms with E-state index in [-0.39, 0.29) is 35.7 Å². The lowest BCUT2D eigenvalue weighted by Crippen LogP contribution is -2.50. The molecule has 0 spiro atoms. The normalized spacial score (nSPS) is 45.8. The van der Waals surface area contributed by atoms with E-state index in [1.54, 1.807) is 18.1 Å². The van der Waals surface area contributed by atoms with Gasteiger partial charge in [0.25, 0.3) is 0 Å². The Morgan fingerprint density at radius 3 is 2.96 bits per heavy atom. The third-order valence-electron chi connectivity index (χ3n) is 6.33. The third-order valence-corrected chi connectivity index (χ3v) is 6.33. The number of amides is 1. The molecule has 2 saturated carbocycles. The van der Waals surface area contributed by atoms with Crippen LogP contribution >= 0.6 is 0 Å². The van der Waals surface area contributed by atoms with Crippen LogP contribution in [0.25, 0.3) is 0 Å². The highest BCUT2D eigenvalue weighted by atomic mass is 16.6. The van der Waals surface area contributed by atoms with Crippen molar-refractivity contribution in [3.8, 4) is 5.75 Å². The zero-order chi connectivity index (χ0) is 15.9. The lowest BCUT2D eigenvalue weighted by molar-refractivity contribution is -0.130. The number of ether oxygens (including phenoxy) is 2. The number of nitrogens with zero attached hydrogens (tertiary/aromatic N) is 1. The van der Waals surface area contributed by atoms with Gasteiger partial charge in [0.2, 0.25) is 5.91 Å². The molecule has 5 nitrogen and oxygen atoms in total. The maximum absolute atomic E-state index is 13.2. The zero-order valence-electron chi connectivity index (χ0n) is 12.9. The molecule has 2 heterocycles. The number of aliphatic hydroxyl groups excluding tert-OH is 1. The van der Waals surface area contributed by atoms with Gasteiger partial charge in [0.1, 0.15) is 5.75 Å². The van der Waals surface area contributed by atoms with Gasteiger partial charge in [-0.25, -0.2) is 0 Å². The average molecular weight is 313 g/mol. The number of rotatable bonds is 3. The molecular formula is C18H19NO4. The molecule has 1 N–H and O–H groups in total. The number of carbonyl (C=O) groups excluding carboxylic acids is 1. The van der Waals surface area contributed by atoms with E-state index in [9.17, 15) is 9.90 Å². The molecule has 2 saturated heterocycles. The largest absolute Gasteiger partial charge is 0.495 e. The van der Waals surface area contributed by atoms with E-state index in [4.69, 9.17) is 9.47 Å². The number of para-hydroxylation sites is 2. The first kappa shape index (κ1) is 13.6. The summed E-state index contributed by atoms with van der Waals surface area (Å²) in [5.41, 5.74) is -0.151. The maximum atomic E-state index is 13.2. The molecule has 1 aromatic rings. The van der Waals surface area contributed by atoms with E-state index in [2.05, 4.69) is 6.58 Å². The van der Waals surface area contributed by atoms with E-state index in [0.29, 0.717) is 11.4 Å². The standard InChI is InChI=1S/C18H19NO4/c1-3-18-14-10-8-9(15(20)16(10)23-18)13(14)17(21)19(18)11-6-4-5-7-12(11)22-2/h3-7,9-10,13-16,20H,1,8H2,2H3. The summed E-state index contributed by atoms with van der Waals surface area (Å²) >= 11 is 0. The highest BCUT2D eigenvalue weighted by Gasteiger charge is 2.78. The summed E-state index contributed by atoms with van der Waals surface area (Å²) in [6.45, 7) is 3.98. The smallest absolute Gasteiger partial charge is 0.233 e. The van der Waals surface area contributed by atoms with Crippen molar-refractivity contribution in [1.29, 1.82) is 0 Å². The van der Waals surface area contributed by atoms with Gasteiger partial charge in [-0.3, -0.25) is 9.69 Å². The fourth-order valence-corrected chi connectivity index (χ4v) is 5.60. The van der Waals surface area contributed by atoms with Crippen molar-refractivity contribution >= 4 is 11.6 Å². The van der Waals surface area contributed by atoms with E-state index >= 15 is 0 Å². The van der Waals surface area contributed by atoms with E-state index in [1.807, 2.05) is 24.3 Å². The minimum atomic E-state index is -0.863. The van der Waals surface area contributed by atoms with Gasteiger partial charge in [0, 0.05) is 5.92 Å². The number of fused-ring (bicyclic) bond motifs is 2. The minimum Gasteiger partial charge on any atom is -0.495 e. The second-order valence-corrected chi connectivity index (χ2v) is 6.99. The lowest BCUT2D eigenvalue weighted by Gasteiger charge is -2.37. The number of carbonyl (C=O) groups is 1. The lowest BCUT2D eigenvalue weighted by atomic mass is 9.77. The first-order valence-electron chi connectivity index (χ1n) is 8.10. The van der Waals surface area contributed by atoms with Crippen molar-refractivity contribution < 1.29 is 19.4 Å². The van der Waals surface area contributed by atoms with Crippen molar-refractivity contribution in [1.82, 2.24) is 0 Å². The van der Waals surface area contributed by atoms with Crippen molar-refractivity contribution in [2.45, 2.75) is 24.4 Å². The zero-order valence-corrected chi connectivity index (χ0v) is 12.9. The van der Waals surface area contributed by atoms with Crippen LogP contribution in [0.15, 0.2) is 36.9 Å². The molecule has 120 valence electrons. The SMILES string of the molecule is C=CC12OC3C(O)C4CC3C1C4C(=O)N2c1ccccc1OC. The van der Waals surface area contributed by atoms with Gasteiger partial charge in [0.15, 0.2) is 5.72 Å². The van der Waals surface area contributed by atoms with Crippen LogP contribution in [-0.4, -0.2) is 36.1 Å². The Morgan fingerprint density at radius 1 is 1.43 bits per heavy atom. The van der Waals surface area contributed by atoms with Crippen LogP contribution < -0.4 is 9.64 Å². The molecule has 0 radical (unpaired) electrons. The fourth-order valence-electron chi connectivity index (χ4n) is 5.60. The monoisotopic (exact) mass is 313 g/mol. The van der Waals surface area contributed by atoms with E-state index < -0.39 is 11.8 Å². The Labute approximate surface area is 134 Å². The third kappa shape index (κ3) is 1.31. The summed E-state index contributed by atoms with van der Waals surface area (Å²) in [5, 5.41) is 10.5. The van der Waals surface area contributed by atoms with Crippen LogP contribution in [0.5, 0.6) is 5.75 Å². The molecule has 2 bridgehead atoms. The number of hydrogen-bond donors (Lipinski definition) is 1. The number of benzene rings is 1. The van der Waals surface area contributed by atoms with E-state index in [1.165, 1.54) is 0 Å². The maximum Gasteiger partial charge on any atom is 0.233 e. The van der Waals surface area contributed by atoms with Gasteiger partial charge < -0.3 is 14.6 Å². The highest BCUT2D eigenvalue weighted by molar-refractivity contribution is 6.02. The average Bonchev–Trinajstić information content (AvgIpc) is 3.23. The van der Waals surface area contributed by atoms with Crippen molar-refractivity contribution in [3.63, 3.8) is 0 Å². The number of anilines is 1. The molecule has 23 heavy (non-hydrogen) atoms. The first-order valence-corrected chi connectivity index (χ1v) is 8.10. The Hall–Kier alpha value is -1.85. The van der Waals surface area contributed by atoms with Crippen LogP contribution in [0.3, 0.4) is 0 Å². The van der Waals surface area contributed by atoms with Crippen LogP contribution in [0.2, 0.25) is 0 Å². The van der Waals surface area contributed by atoms with Crippen molar-refractivity contribution in [2.24, 2.45) is 23.7 Å². The molecule has 7 atom stereocenters. The van der Waals surface area contributed by atoms with Gasteiger partial charge >= 0.3 is 0 Å². The van der Waals surface area contributed by atoms with Crippen molar-refractivity contribution in [2.75, 3.05) is 12.0 Å². The van der Waals surface area contributed by atoms with Gasteiger partial charge in [-0.1, -0.05) is 18.7 Å². The van der Waals surface area contributed by atoms with Gasteiger partial charge in [-0.05, 0) is 36.5 Å². The molecule has 2 aliphatic carbocycles. The van der Waals surface area contributed by atoms with Crippen LogP contribution in [-0.2, 0) is 9.53 Å². The number of hydrogen-bond acceptors (Lipinski definition) is 4. The second kappa shape index (κ2) is 4.16. The molecule has 1 amide bonds. The summed E-state index contributed by atoms with van der Waals surface area (Å²) in [4.78, 5) is 14.9. The molecule has 0 aromatic heterocycles. The van der Waals surface area contributed by atoms with Gasteiger partial charge in [-0.2, -0.15) is 0 Å². The molecule has 2 aliphatic heterocycles.